The summed E-state index contributed by atoms with van der Waals surface area (Å²) in [6.07, 6.45) is 2.53. The molecule has 2 N–H and O–H groups in total. The minimum Gasteiger partial charge on any atom is -0.324 e. The zero-order chi connectivity index (χ0) is 13.1. The topological polar surface area (TPSA) is 41.1 Å². The van der Waals surface area contributed by atoms with Crippen LogP contribution in [0, 0.1) is 5.92 Å². The maximum absolute atomic E-state index is 11.7. The number of hydrogen-bond donors (Lipinski definition) is 2. The minimum atomic E-state index is -0.115. The van der Waals surface area contributed by atoms with Crippen LogP contribution in [0.15, 0.2) is 16.6 Å². The number of hydrogen-bond acceptors (Lipinski definition) is 2. The van der Waals surface area contributed by atoms with Gasteiger partial charge in [-0.2, -0.15) is 0 Å². The van der Waals surface area contributed by atoms with Gasteiger partial charge in [0.05, 0.1) is 22.3 Å². The quantitative estimate of drug-likeness (QED) is 0.794. The van der Waals surface area contributed by atoms with Gasteiger partial charge in [0.2, 0.25) is 5.91 Å². The molecule has 98 valence electrons. The summed E-state index contributed by atoms with van der Waals surface area (Å²) in [4.78, 5) is 11.7. The predicted octanol–water partition coefficient (Wildman–Crippen LogP) is 3.69. The van der Waals surface area contributed by atoms with Gasteiger partial charge in [-0.05, 0) is 53.4 Å². The van der Waals surface area contributed by atoms with Gasteiger partial charge in [-0.3, -0.25) is 4.79 Å². The lowest BCUT2D eigenvalue weighted by molar-refractivity contribution is -0.115. The second-order valence-electron chi connectivity index (χ2n) is 4.35. The van der Waals surface area contributed by atoms with E-state index in [1.165, 1.54) is 12.8 Å². The van der Waals surface area contributed by atoms with Crippen LogP contribution in [0.1, 0.15) is 12.8 Å². The molecule has 1 aliphatic carbocycles. The van der Waals surface area contributed by atoms with Crippen molar-refractivity contribution >= 4 is 50.7 Å². The molecule has 0 aliphatic heterocycles. The first-order valence-corrected chi connectivity index (χ1v) is 7.27. The van der Waals surface area contributed by atoms with Gasteiger partial charge in [-0.15, -0.1) is 0 Å². The van der Waals surface area contributed by atoms with Crippen LogP contribution in [0.3, 0.4) is 0 Å². The molecule has 1 fully saturated rings. The molecule has 0 aromatic heterocycles. The van der Waals surface area contributed by atoms with Crippen LogP contribution in [-0.2, 0) is 4.79 Å². The summed E-state index contributed by atoms with van der Waals surface area (Å²) in [5.74, 6) is 0.638. The Morgan fingerprint density at radius 1 is 1.33 bits per heavy atom. The molecular formula is C12H13BrCl2N2O. The highest BCUT2D eigenvalue weighted by Crippen LogP contribution is 2.35. The van der Waals surface area contributed by atoms with Gasteiger partial charge in [0.1, 0.15) is 0 Å². The summed E-state index contributed by atoms with van der Waals surface area (Å²) in [6.45, 7) is 1.20. The second kappa shape index (κ2) is 6.24. The molecule has 0 spiro atoms. The molecule has 0 saturated heterocycles. The van der Waals surface area contributed by atoms with Gasteiger partial charge in [-0.1, -0.05) is 23.2 Å². The van der Waals surface area contributed by atoms with Crippen molar-refractivity contribution in [1.82, 2.24) is 5.32 Å². The van der Waals surface area contributed by atoms with E-state index in [2.05, 4.69) is 26.6 Å². The van der Waals surface area contributed by atoms with Crippen molar-refractivity contribution in [2.24, 2.45) is 5.92 Å². The van der Waals surface area contributed by atoms with Crippen molar-refractivity contribution in [3.8, 4) is 0 Å². The molecule has 1 aliphatic rings. The number of halogens is 3. The molecule has 0 bridgehead atoms. The number of rotatable bonds is 5. The van der Waals surface area contributed by atoms with E-state index in [1.54, 1.807) is 12.1 Å². The fourth-order valence-corrected chi connectivity index (χ4v) is 2.35. The Morgan fingerprint density at radius 3 is 2.72 bits per heavy atom. The molecule has 18 heavy (non-hydrogen) atoms. The van der Waals surface area contributed by atoms with Crippen molar-refractivity contribution in [3.05, 3.63) is 26.7 Å². The van der Waals surface area contributed by atoms with Crippen molar-refractivity contribution in [2.75, 3.05) is 18.4 Å². The summed E-state index contributed by atoms with van der Waals surface area (Å²) >= 11 is 15.3. The number of carbonyl (C=O) groups excluding carboxylic acids is 1. The van der Waals surface area contributed by atoms with Gasteiger partial charge >= 0.3 is 0 Å². The number of nitrogens with one attached hydrogen (secondary N) is 2. The van der Waals surface area contributed by atoms with Crippen molar-refractivity contribution in [2.45, 2.75) is 12.8 Å². The normalized spacial score (nSPS) is 14.6. The van der Waals surface area contributed by atoms with Crippen LogP contribution >= 0.6 is 39.1 Å². The van der Waals surface area contributed by atoms with E-state index in [4.69, 9.17) is 23.2 Å². The lowest BCUT2D eigenvalue weighted by Crippen LogP contribution is -2.29. The monoisotopic (exact) mass is 350 g/mol. The average molecular weight is 352 g/mol. The molecule has 1 aromatic carbocycles. The third-order valence-corrected chi connectivity index (χ3v) is 4.50. The molecule has 1 aromatic rings. The molecule has 0 radical (unpaired) electrons. The Bertz CT molecular complexity index is 464. The Morgan fingerprint density at radius 2 is 2.06 bits per heavy atom. The van der Waals surface area contributed by atoms with E-state index >= 15 is 0 Å². The van der Waals surface area contributed by atoms with E-state index < -0.39 is 0 Å². The Labute approximate surface area is 124 Å². The van der Waals surface area contributed by atoms with Crippen molar-refractivity contribution in [1.29, 1.82) is 0 Å². The summed E-state index contributed by atoms with van der Waals surface area (Å²) < 4.78 is 0.707. The van der Waals surface area contributed by atoms with Gasteiger partial charge in [0.25, 0.3) is 0 Å². The molecule has 1 saturated carbocycles. The average Bonchev–Trinajstić information content (AvgIpc) is 3.14. The number of carbonyl (C=O) groups is 1. The third kappa shape index (κ3) is 3.85. The van der Waals surface area contributed by atoms with Gasteiger partial charge in [0, 0.05) is 4.47 Å². The molecule has 2 rings (SSSR count). The van der Waals surface area contributed by atoms with Crippen LogP contribution in [-0.4, -0.2) is 19.0 Å². The minimum absolute atomic E-state index is 0.115. The van der Waals surface area contributed by atoms with Crippen molar-refractivity contribution < 1.29 is 4.79 Å². The van der Waals surface area contributed by atoms with Crippen LogP contribution in [0.2, 0.25) is 10.0 Å². The summed E-state index contributed by atoms with van der Waals surface area (Å²) in [5, 5.41) is 6.60. The predicted molar refractivity (Wildman–Crippen MR) is 78.4 cm³/mol. The van der Waals surface area contributed by atoms with Gasteiger partial charge in [0.15, 0.2) is 0 Å². The molecule has 0 unspecified atom stereocenters. The summed E-state index contributed by atoms with van der Waals surface area (Å²) in [5.41, 5.74) is 0.531. The zero-order valence-corrected chi connectivity index (χ0v) is 12.7. The van der Waals surface area contributed by atoms with E-state index in [-0.39, 0.29) is 5.91 Å². The molecule has 0 heterocycles. The van der Waals surface area contributed by atoms with Crippen molar-refractivity contribution in [3.63, 3.8) is 0 Å². The second-order valence-corrected chi connectivity index (χ2v) is 5.96. The maximum atomic E-state index is 11.7. The fraction of sp³-hybridized carbons (Fsp3) is 0.417. The number of amides is 1. The lowest BCUT2D eigenvalue weighted by atomic mass is 10.3. The molecule has 6 heteroatoms. The van der Waals surface area contributed by atoms with E-state index in [1.807, 2.05) is 0 Å². The van der Waals surface area contributed by atoms with Crippen LogP contribution < -0.4 is 10.6 Å². The fourth-order valence-electron chi connectivity index (χ4n) is 1.53. The molecule has 3 nitrogen and oxygen atoms in total. The highest BCUT2D eigenvalue weighted by atomic mass is 79.9. The third-order valence-electron chi connectivity index (χ3n) is 2.72. The smallest absolute Gasteiger partial charge is 0.238 e. The first-order valence-electron chi connectivity index (χ1n) is 5.72. The first-order chi connectivity index (χ1) is 8.58. The van der Waals surface area contributed by atoms with Gasteiger partial charge < -0.3 is 10.6 Å². The zero-order valence-electron chi connectivity index (χ0n) is 9.60. The van der Waals surface area contributed by atoms with E-state index in [9.17, 15) is 4.79 Å². The van der Waals surface area contributed by atoms with Crippen LogP contribution in [0.25, 0.3) is 0 Å². The maximum Gasteiger partial charge on any atom is 0.238 e. The lowest BCUT2D eigenvalue weighted by Gasteiger charge is -2.09. The standard InChI is InChI=1S/C12H13BrCl2N2O/c13-8-3-4-9(12(15)11(8)14)17-10(18)6-16-5-7-1-2-7/h3-4,7,16H,1-2,5-6H2,(H,17,18). The molecule has 0 atom stereocenters. The Hall–Kier alpha value is -0.290. The van der Waals surface area contributed by atoms with E-state index in [0.717, 1.165) is 12.5 Å². The first kappa shape index (κ1) is 14.1. The summed E-state index contributed by atoms with van der Waals surface area (Å²) in [6, 6.07) is 3.47. The highest BCUT2D eigenvalue weighted by molar-refractivity contribution is 9.10. The Balaban J connectivity index is 1.87. The van der Waals surface area contributed by atoms with Gasteiger partial charge in [-0.25, -0.2) is 0 Å². The molecular weight excluding hydrogens is 339 g/mol. The summed E-state index contributed by atoms with van der Waals surface area (Å²) in [7, 11) is 0. The number of benzene rings is 1. The SMILES string of the molecule is O=C(CNCC1CC1)Nc1ccc(Br)c(Cl)c1Cl. The molecule has 1 amide bonds. The highest BCUT2D eigenvalue weighted by Gasteiger charge is 2.20. The van der Waals surface area contributed by atoms with Crippen LogP contribution in [0.4, 0.5) is 5.69 Å². The number of anilines is 1. The Kier molecular flexibility index (Phi) is 4.90. The largest absolute Gasteiger partial charge is 0.324 e. The van der Waals surface area contributed by atoms with Crippen LogP contribution in [0.5, 0.6) is 0 Å². The van der Waals surface area contributed by atoms with E-state index in [0.29, 0.717) is 26.8 Å².